The van der Waals surface area contributed by atoms with Crippen LogP contribution in [-0.2, 0) is 4.79 Å². The second kappa shape index (κ2) is 12.7. The number of nitrogens with one attached hydrogen (secondary N) is 2. The van der Waals surface area contributed by atoms with Crippen LogP contribution in [0.2, 0.25) is 0 Å². The summed E-state index contributed by atoms with van der Waals surface area (Å²) in [5.41, 5.74) is 5.67. The monoisotopic (exact) mass is 470 g/mol. The first-order valence-electron chi connectivity index (χ1n) is 11.5. The smallest absolute Gasteiger partial charge is 0.287 e. The van der Waals surface area contributed by atoms with Crippen molar-refractivity contribution in [3.05, 3.63) is 101 Å². The van der Waals surface area contributed by atoms with Gasteiger partial charge in [-0.3, -0.25) is 9.59 Å². The van der Waals surface area contributed by atoms with Gasteiger partial charge in [-0.1, -0.05) is 30.3 Å². The van der Waals surface area contributed by atoms with Crippen LogP contribution in [-0.4, -0.2) is 31.1 Å². The normalized spacial score (nSPS) is 12.0. The number of furan rings is 1. The Morgan fingerprint density at radius 3 is 2.29 bits per heavy atom. The molecular weight excluding hydrogens is 440 g/mol. The number of hydrazone groups is 1. The van der Waals surface area contributed by atoms with Gasteiger partial charge in [-0.2, -0.15) is 5.10 Å². The molecule has 1 aromatic heterocycles. The van der Waals surface area contributed by atoms with Gasteiger partial charge >= 0.3 is 0 Å². The van der Waals surface area contributed by atoms with Crippen LogP contribution in [0.5, 0.6) is 0 Å². The molecule has 35 heavy (non-hydrogen) atoms. The lowest BCUT2D eigenvalue weighted by molar-refractivity contribution is -0.117. The zero-order valence-electron chi connectivity index (χ0n) is 20.2. The van der Waals surface area contributed by atoms with Gasteiger partial charge in [0, 0.05) is 24.3 Å². The van der Waals surface area contributed by atoms with Crippen molar-refractivity contribution in [2.75, 3.05) is 18.0 Å². The van der Waals surface area contributed by atoms with E-state index in [1.807, 2.05) is 43.3 Å². The Morgan fingerprint density at radius 2 is 1.66 bits per heavy atom. The first-order chi connectivity index (χ1) is 17.0. The van der Waals surface area contributed by atoms with Gasteiger partial charge in [0.1, 0.15) is 11.5 Å². The minimum atomic E-state index is -0.538. The van der Waals surface area contributed by atoms with E-state index in [4.69, 9.17) is 4.42 Å². The van der Waals surface area contributed by atoms with Gasteiger partial charge in [-0.25, -0.2) is 5.43 Å². The number of carbonyl (C=O) groups excluding carboxylic acids is 2. The standard InChI is InChI=1S/C28H30N4O3/c1-4-32(5-2)24-15-13-22(14-16-24)19-26(30-27(33)23-10-7-6-8-11-23)28(34)31-29-20-21(3)18-25-12-9-17-35-25/h6-20H,4-5H2,1-3H3,(H,30,33)(H,31,34)/b21-18+,26-19-,29-20?. The van der Waals surface area contributed by atoms with E-state index in [-0.39, 0.29) is 11.6 Å². The summed E-state index contributed by atoms with van der Waals surface area (Å²) in [5.74, 6) is -0.238. The summed E-state index contributed by atoms with van der Waals surface area (Å²) in [5, 5.41) is 6.73. The summed E-state index contributed by atoms with van der Waals surface area (Å²) in [7, 11) is 0. The van der Waals surface area contributed by atoms with Crippen LogP contribution in [0.1, 0.15) is 42.5 Å². The third-order valence-corrected chi connectivity index (χ3v) is 5.21. The Labute approximate surface area is 205 Å². The largest absolute Gasteiger partial charge is 0.465 e. The van der Waals surface area contributed by atoms with Crippen LogP contribution in [0.4, 0.5) is 5.69 Å². The van der Waals surface area contributed by atoms with Gasteiger partial charge in [-0.15, -0.1) is 0 Å². The second-order valence-corrected chi connectivity index (χ2v) is 7.74. The fourth-order valence-corrected chi connectivity index (χ4v) is 3.37. The second-order valence-electron chi connectivity index (χ2n) is 7.74. The summed E-state index contributed by atoms with van der Waals surface area (Å²) >= 11 is 0. The molecular formula is C28H30N4O3. The molecule has 0 aliphatic rings. The highest BCUT2D eigenvalue weighted by atomic mass is 16.3. The number of carbonyl (C=O) groups is 2. The average molecular weight is 471 g/mol. The molecule has 7 nitrogen and oxygen atoms in total. The van der Waals surface area contributed by atoms with Gasteiger partial charge < -0.3 is 14.6 Å². The van der Waals surface area contributed by atoms with Crippen LogP contribution in [0.3, 0.4) is 0 Å². The van der Waals surface area contributed by atoms with E-state index in [0.717, 1.165) is 29.9 Å². The van der Waals surface area contributed by atoms with Gasteiger partial charge in [-0.05, 0) is 80.5 Å². The molecule has 2 amide bonds. The van der Waals surface area contributed by atoms with Gasteiger partial charge in [0.15, 0.2) is 0 Å². The Balaban J connectivity index is 1.79. The van der Waals surface area contributed by atoms with Gasteiger partial charge in [0.2, 0.25) is 0 Å². The van der Waals surface area contributed by atoms with E-state index in [9.17, 15) is 9.59 Å². The molecule has 0 bridgehead atoms. The van der Waals surface area contributed by atoms with Crippen LogP contribution in [0.25, 0.3) is 12.2 Å². The molecule has 3 rings (SSSR count). The predicted molar refractivity (Wildman–Crippen MR) is 141 cm³/mol. The highest BCUT2D eigenvalue weighted by Gasteiger charge is 2.14. The lowest BCUT2D eigenvalue weighted by Crippen LogP contribution is -2.32. The van der Waals surface area contributed by atoms with Gasteiger partial charge in [0.25, 0.3) is 11.8 Å². The SMILES string of the molecule is CCN(CC)c1ccc(/C=C(\NC(=O)c2ccccc2)C(=O)NN=C/C(C)=C/c2ccco2)cc1. The van der Waals surface area contributed by atoms with Crippen LogP contribution in [0.15, 0.2) is 93.8 Å². The highest BCUT2D eigenvalue weighted by molar-refractivity contribution is 6.05. The minimum absolute atomic E-state index is 0.0826. The molecule has 1 heterocycles. The van der Waals surface area contributed by atoms with E-state index in [1.54, 1.807) is 48.7 Å². The van der Waals surface area contributed by atoms with Crippen LogP contribution < -0.4 is 15.6 Å². The van der Waals surface area contributed by atoms with E-state index in [1.165, 1.54) is 6.21 Å². The highest BCUT2D eigenvalue weighted by Crippen LogP contribution is 2.17. The summed E-state index contributed by atoms with van der Waals surface area (Å²) in [4.78, 5) is 27.9. The number of amides is 2. The van der Waals surface area contributed by atoms with Crippen molar-refractivity contribution >= 4 is 35.9 Å². The maximum atomic E-state index is 12.9. The fourth-order valence-electron chi connectivity index (χ4n) is 3.37. The number of rotatable bonds is 10. The molecule has 0 aliphatic heterocycles. The molecule has 0 atom stereocenters. The van der Waals surface area contributed by atoms with Crippen molar-refractivity contribution in [1.29, 1.82) is 0 Å². The van der Waals surface area contributed by atoms with Crippen molar-refractivity contribution < 1.29 is 14.0 Å². The quantitative estimate of drug-likeness (QED) is 0.245. The van der Waals surface area contributed by atoms with E-state index < -0.39 is 5.91 Å². The molecule has 0 unspecified atom stereocenters. The third-order valence-electron chi connectivity index (χ3n) is 5.21. The molecule has 7 heteroatoms. The van der Waals surface area contributed by atoms with Crippen molar-refractivity contribution in [1.82, 2.24) is 10.7 Å². The third kappa shape index (κ3) is 7.57. The number of allylic oxidation sites excluding steroid dienone is 1. The van der Waals surface area contributed by atoms with E-state index in [2.05, 4.69) is 34.6 Å². The Kier molecular flexibility index (Phi) is 9.19. The molecule has 0 radical (unpaired) electrons. The zero-order chi connectivity index (χ0) is 25.0. The summed E-state index contributed by atoms with van der Waals surface area (Å²) in [6.07, 6.45) is 6.51. The number of benzene rings is 2. The van der Waals surface area contributed by atoms with Crippen LogP contribution >= 0.6 is 0 Å². The molecule has 0 fully saturated rings. The zero-order valence-corrected chi connectivity index (χ0v) is 20.2. The Bertz CT molecular complexity index is 1190. The van der Waals surface area contributed by atoms with E-state index in [0.29, 0.717) is 11.3 Å². The Hall–Kier alpha value is -4.39. The maximum absolute atomic E-state index is 12.9. The molecule has 0 saturated heterocycles. The first kappa shape index (κ1) is 25.2. The summed E-state index contributed by atoms with van der Waals surface area (Å²) in [6, 6.07) is 20.2. The average Bonchev–Trinajstić information content (AvgIpc) is 3.38. The predicted octanol–water partition coefficient (Wildman–Crippen LogP) is 5.10. The minimum Gasteiger partial charge on any atom is -0.465 e. The molecule has 0 aliphatic carbocycles. The fraction of sp³-hybridized carbons (Fsp3) is 0.179. The number of hydrogen-bond acceptors (Lipinski definition) is 5. The molecule has 3 aromatic rings. The van der Waals surface area contributed by atoms with Crippen molar-refractivity contribution in [3.63, 3.8) is 0 Å². The van der Waals surface area contributed by atoms with E-state index >= 15 is 0 Å². The summed E-state index contributed by atoms with van der Waals surface area (Å²) in [6.45, 7) is 7.84. The molecule has 2 N–H and O–H groups in total. The van der Waals surface area contributed by atoms with Crippen molar-refractivity contribution in [2.45, 2.75) is 20.8 Å². The molecule has 2 aromatic carbocycles. The first-order valence-corrected chi connectivity index (χ1v) is 11.5. The molecule has 0 spiro atoms. The molecule has 0 saturated carbocycles. The van der Waals surface area contributed by atoms with Crippen molar-refractivity contribution in [2.24, 2.45) is 5.10 Å². The lowest BCUT2D eigenvalue weighted by atomic mass is 10.1. The Morgan fingerprint density at radius 1 is 0.943 bits per heavy atom. The summed E-state index contributed by atoms with van der Waals surface area (Å²) < 4.78 is 5.27. The van der Waals surface area contributed by atoms with Crippen LogP contribution in [0, 0.1) is 0 Å². The number of nitrogens with zero attached hydrogens (tertiary/aromatic N) is 2. The lowest BCUT2D eigenvalue weighted by Gasteiger charge is -2.20. The van der Waals surface area contributed by atoms with Gasteiger partial charge in [0.05, 0.1) is 12.5 Å². The number of hydrogen-bond donors (Lipinski definition) is 2. The molecule has 180 valence electrons. The topological polar surface area (TPSA) is 86.9 Å². The number of anilines is 1. The maximum Gasteiger partial charge on any atom is 0.287 e. The van der Waals surface area contributed by atoms with Crippen molar-refractivity contribution in [3.8, 4) is 0 Å².